The molecule has 0 radical (unpaired) electrons. The molecule has 2 aromatic heterocycles. The van der Waals surface area contributed by atoms with Crippen molar-refractivity contribution in [3.63, 3.8) is 0 Å². The maximum absolute atomic E-state index is 4.73. The average Bonchev–Trinajstić information content (AvgIpc) is 2.76. The van der Waals surface area contributed by atoms with Crippen LogP contribution in [-0.2, 0) is 6.54 Å². The van der Waals surface area contributed by atoms with Gasteiger partial charge >= 0.3 is 0 Å². The van der Waals surface area contributed by atoms with Gasteiger partial charge in [0.1, 0.15) is 0 Å². The third-order valence-electron chi connectivity index (χ3n) is 4.56. The molecular formula is C19H24ClN3. The van der Waals surface area contributed by atoms with E-state index in [1.807, 2.05) is 0 Å². The molecule has 0 aliphatic carbocycles. The largest absolute Gasteiger partial charge is 0.378 e. The van der Waals surface area contributed by atoms with Gasteiger partial charge in [-0.3, -0.25) is 0 Å². The van der Waals surface area contributed by atoms with Crippen LogP contribution >= 0.6 is 12.4 Å². The number of imidazole rings is 1. The molecule has 3 nitrogen and oxygen atoms in total. The summed E-state index contributed by atoms with van der Waals surface area (Å²) >= 11 is 0. The molecule has 0 aliphatic heterocycles. The molecule has 23 heavy (non-hydrogen) atoms. The molecule has 1 aromatic carbocycles. The number of anilines is 1. The monoisotopic (exact) mass is 329 g/mol. The second-order valence-corrected chi connectivity index (χ2v) is 6.07. The standard InChI is InChI=1S/C19H23N3.ClH/c1-12-7-6-8-13(2)17(12)11-20-18-14(3)9-10-22-16(5)15(4)21-19(18)22;/h6-10,20H,11H2,1-5H3;1H. The van der Waals surface area contributed by atoms with Gasteiger partial charge in [-0.2, -0.15) is 0 Å². The Morgan fingerprint density at radius 1 is 0.957 bits per heavy atom. The fourth-order valence-corrected chi connectivity index (χ4v) is 2.95. The highest BCUT2D eigenvalue weighted by atomic mass is 35.5. The van der Waals surface area contributed by atoms with Crippen molar-refractivity contribution in [2.24, 2.45) is 0 Å². The Bertz CT molecular complexity index is 829. The predicted octanol–water partition coefficient (Wildman–Crippen LogP) is 4.91. The second kappa shape index (κ2) is 6.63. The third kappa shape index (κ3) is 3.06. The molecule has 1 N–H and O–H groups in total. The molecule has 0 fully saturated rings. The topological polar surface area (TPSA) is 29.3 Å². The minimum atomic E-state index is 0. The molecule has 0 amide bonds. The summed E-state index contributed by atoms with van der Waals surface area (Å²) in [4.78, 5) is 4.73. The van der Waals surface area contributed by atoms with E-state index in [0.717, 1.165) is 23.6 Å². The minimum Gasteiger partial charge on any atom is -0.378 e. The van der Waals surface area contributed by atoms with Gasteiger partial charge in [-0.25, -0.2) is 4.98 Å². The molecule has 0 aliphatic rings. The Hall–Kier alpha value is -2.00. The maximum Gasteiger partial charge on any atom is 0.161 e. The summed E-state index contributed by atoms with van der Waals surface area (Å²) in [7, 11) is 0. The smallest absolute Gasteiger partial charge is 0.161 e. The van der Waals surface area contributed by atoms with Crippen LogP contribution in [0.25, 0.3) is 5.65 Å². The normalized spacial score (nSPS) is 10.7. The van der Waals surface area contributed by atoms with Crippen molar-refractivity contribution in [3.8, 4) is 0 Å². The zero-order valence-electron chi connectivity index (χ0n) is 14.4. The number of hydrogen-bond acceptors (Lipinski definition) is 2. The maximum atomic E-state index is 4.73. The van der Waals surface area contributed by atoms with Crippen LogP contribution in [0.1, 0.15) is 33.6 Å². The van der Waals surface area contributed by atoms with Gasteiger partial charge in [0, 0.05) is 18.4 Å². The van der Waals surface area contributed by atoms with E-state index in [9.17, 15) is 0 Å². The molecule has 0 unspecified atom stereocenters. The third-order valence-corrected chi connectivity index (χ3v) is 4.56. The van der Waals surface area contributed by atoms with Gasteiger partial charge in [0.15, 0.2) is 5.65 Å². The molecular weight excluding hydrogens is 306 g/mol. The highest BCUT2D eigenvalue weighted by Gasteiger charge is 2.11. The summed E-state index contributed by atoms with van der Waals surface area (Å²) in [5, 5.41) is 3.61. The van der Waals surface area contributed by atoms with E-state index in [0.29, 0.717) is 0 Å². The van der Waals surface area contributed by atoms with Gasteiger partial charge in [-0.05, 0) is 62.9 Å². The van der Waals surface area contributed by atoms with Gasteiger partial charge in [-0.1, -0.05) is 18.2 Å². The summed E-state index contributed by atoms with van der Waals surface area (Å²) in [5.41, 5.74) is 9.67. The summed E-state index contributed by atoms with van der Waals surface area (Å²) in [6.45, 7) is 11.5. The number of nitrogens with one attached hydrogen (secondary N) is 1. The van der Waals surface area contributed by atoms with Crippen molar-refractivity contribution in [2.45, 2.75) is 41.2 Å². The molecule has 4 heteroatoms. The number of hydrogen-bond donors (Lipinski definition) is 1. The molecule has 0 atom stereocenters. The summed E-state index contributed by atoms with van der Waals surface area (Å²) in [6.07, 6.45) is 2.10. The van der Waals surface area contributed by atoms with E-state index in [-0.39, 0.29) is 12.4 Å². The van der Waals surface area contributed by atoms with Crippen LogP contribution in [0.15, 0.2) is 30.5 Å². The predicted molar refractivity (Wildman–Crippen MR) is 99.9 cm³/mol. The lowest BCUT2D eigenvalue weighted by Crippen LogP contribution is -2.06. The zero-order valence-corrected chi connectivity index (χ0v) is 15.2. The van der Waals surface area contributed by atoms with Crippen molar-refractivity contribution in [2.75, 3.05) is 5.32 Å². The first kappa shape index (κ1) is 17.4. The Balaban J connectivity index is 0.00000192. The second-order valence-electron chi connectivity index (χ2n) is 6.07. The number of pyridine rings is 1. The zero-order chi connectivity index (χ0) is 15.9. The number of benzene rings is 1. The molecule has 0 saturated heterocycles. The summed E-state index contributed by atoms with van der Waals surface area (Å²) < 4.78 is 2.16. The highest BCUT2D eigenvalue weighted by Crippen LogP contribution is 2.25. The van der Waals surface area contributed by atoms with Crippen molar-refractivity contribution in [1.82, 2.24) is 9.38 Å². The van der Waals surface area contributed by atoms with Crippen LogP contribution in [0, 0.1) is 34.6 Å². The lowest BCUT2D eigenvalue weighted by molar-refractivity contribution is 1.06. The van der Waals surface area contributed by atoms with Crippen LogP contribution in [0.3, 0.4) is 0 Å². The van der Waals surface area contributed by atoms with E-state index in [1.54, 1.807) is 0 Å². The highest BCUT2D eigenvalue weighted by molar-refractivity contribution is 5.85. The van der Waals surface area contributed by atoms with E-state index in [1.165, 1.54) is 27.9 Å². The number of aromatic nitrogens is 2. The SMILES string of the molecule is Cc1cccc(C)c1CNc1c(C)ccn2c(C)c(C)nc12.Cl. The van der Waals surface area contributed by atoms with E-state index >= 15 is 0 Å². The first-order valence-corrected chi connectivity index (χ1v) is 7.73. The van der Waals surface area contributed by atoms with Crippen molar-refractivity contribution >= 4 is 23.7 Å². The fraction of sp³-hybridized carbons (Fsp3) is 0.316. The van der Waals surface area contributed by atoms with E-state index in [4.69, 9.17) is 4.98 Å². The van der Waals surface area contributed by atoms with Gasteiger partial charge in [-0.15, -0.1) is 12.4 Å². The van der Waals surface area contributed by atoms with E-state index < -0.39 is 0 Å². The number of aryl methyl sites for hydroxylation is 5. The Morgan fingerprint density at radius 3 is 2.26 bits per heavy atom. The lowest BCUT2D eigenvalue weighted by Gasteiger charge is -2.14. The number of rotatable bonds is 3. The molecule has 0 saturated carbocycles. The van der Waals surface area contributed by atoms with Gasteiger partial charge in [0.2, 0.25) is 0 Å². The van der Waals surface area contributed by atoms with Crippen LogP contribution in [0.5, 0.6) is 0 Å². The lowest BCUT2D eigenvalue weighted by atomic mass is 10.0. The van der Waals surface area contributed by atoms with Gasteiger partial charge < -0.3 is 9.72 Å². The van der Waals surface area contributed by atoms with Crippen LogP contribution < -0.4 is 5.32 Å². The Labute approximate surface area is 144 Å². The summed E-state index contributed by atoms with van der Waals surface area (Å²) in [6, 6.07) is 8.60. The number of fused-ring (bicyclic) bond motifs is 1. The molecule has 3 rings (SSSR count). The van der Waals surface area contributed by atoms with Gasteiger partial charge in [0.05, 0.1) is 11.4 Å². The van der Waals surface area contributed by atoms with Crippen LogP contribution in [-0.4, -0.2) is 9.38 Å². The Kier molecular flexibility index (Phi) is 5.00. The van der Waals surface area contributed by atoms with Crippen LogP contribution in [0.2, 0.25) is 0 Å². The number of halogens is 1. The molecule has 0 bridgehead atoms. The van der Waals surface area contributed by atoms with E-state index in [2.05, 4.69) is 74.8 Å². The van der Waals surface area contributed by atoms with Crippen molar-refractivity contribution in [3.05, 3.63) is 64.1 Å². The van der Waals surface area contributed by atoms with Crippen LogP contribution in [0.4, 0.5) is 5.69 Å². The quantitative estimate of drug-likeness (QED) is 0.739. The van der Waals surface area contributed by atoms with Gasteiger partial charge in [0.25, 0.3) is 0 Å². The first-order chi connectivity index (χ1) is 10.5. The molecule has 122 valence electrons. The minimum absolute atomic E-state index is 0. The molecule has 2 heterocycles. The average molecular weight is 330 g/mol. The Morgan fingerprint density at radius 2 is 1.61 bits per heavy atom. The molecule has 3 aromatic rings. The molecule has 0 spiro atoms. The summed E-state index contributed by atoms with van der Waals surface area (Å²) in [5.74, 6) is 0. The first-order valence-electron chi connectivity index (χ1n) is 7.73. The fourth-order valence-electron chi connectivity index (χ4n) is 2.95. The van der Waals surface area contributed by atoms with Crippen molar-refractivity contribution < 1.29 is 0 Å². The number of nitrogens with zero attached hydrogens (tertiary/aromatic N) is 2. The van der Waals surface area contributed by atoms with Crippen molar-refractivity contribution in [1.29, 1.82) is 0 Å².